The molecule has 2 rings (SSSR count). The van der Waals surface area contributed by atoms with Crippen molar-refractivity contribution in [2.75, 3.05) is 5.32 Å². The summed E-state index contributed by atoms with van der Waals surface area (Å²) in [4.78, 5) is 10.8. The van der Waals surface area contributed by atoms with Crippen LogP contribution in [0.15, 0.2) is 18.2 Å². The summed E-state index contributed by atoms with van der Waals surface area (Å²) in [5.74, 6) is -1.20. The maximum Gasteiger partial charge on any atom is 0.335 e. The average molecular weight is 294 g/mol. The van der Waals surface area contributed by atoms with Crippen LogP contribution in [-0.2, 0) is 0 Å². The number of hydrogen-bond donors (Lipinski definition) is 4. The highest BCUT2D eigenvalue weighted by molar-refractivity contribution is 7.80. The highest BCUT2D eigenvalue weighted by atomic mass is 32.1. The van der Waals surface area contributed by atoms with Crippen molar-refractivity contribution in [3.8, 4) is 5.75 Å². The molecule has 5 nitrogen and oxygen atoms in total. The Kier molecular flexibility index (Phi) is 4.79. The van der Waals surface area contributed by atoms with E-state index in [-0.39, 0.29) is 11.3 Å². The summed E-state index contributed by atoms with van der Waals surface area (Å²) in [6.45, 7) is 0. The number of anilines is 1. The molecule has 1 fully saturated rings. The number of phenols is 1. The predicted molar refractivity (Wildman–Crippen MR) is 81.3 cm³/mol. The lowest BCUT2D eigenvalue weighted by Gasteiger charge is -2.24. The molecule has 1 aromatic carbocycles. The number of carbonyl (C=O) groups is 1. The first-order valence-electron chi connectivity index (χ1n) is 6.70. The molecular weight excluding hydrogens is 276 g/mol. The first-order valence-corrected chi connectivity index (χ1v) is 7.11. The molecule has 0 heterocycles. The minimum atomic E-state index is -1.07. The molecule has 6 heteroatoms. The standard InChI is InChI=1S/C14H18N2O3S/c17-12-8-9(13(18)19)6-7-11(12)16-14(20)15-10-4-2-1-3-5-10/h6-8,10,17H,1-5H2,(H,18,19)(H2,15,16,20). The zero-order valence-corrected chi connectivity index (χ0v) is 11.9. The van der Waals surface area contributed by atoms with Gasteiger partial charge < -0.3 is 20.8 Å². The van der Waals surface area contributed by atoms with E-state index < -0.39 is 5.97 Å². The summed E-state index contributed by atoms with van der Waals surface area (Å²) in [6.07, 6.45) is 5.89. The molecule has 0 radical (unpaired) electrons. The second-order valence-corrected chi connectivity index (χ2v) is 5.38. The van der Waals surface area contributed by atoms with Crippen LogP contribution in [0.1, 0.15) is 42.5 Å². The number of hydrogen-bond acceptors (Lipinski definition) is 3. The van der Waals surface area contributed by atoms with Crippen molar-refractivity contribution in [1.29, 1.82) is 0 Å². The van der Waals surface area contributed by atoms with Gasteiger partial charge in [0, 0.05) is 6.04 Å². The van der Waals surface area contributed by atoms with Crippen LogP contribution < -0.4 is 10.6 Å². The predicted octanol–water partition coefficient (Wildman–Crippen LogP) is 2.71. The van der Waals surface area contributed by atoms with Crippen molar-refractivity contribution < 1.29 is 15.0 Å². The van der Waals surface area contributed by atoms with E-state index in [9.17, 15) is 9.90 Å². The van der Waals surface area contributed by atoms with Crippen molar-refractivity contribution in [2.45, 2.75) is 38.1 Å². The highest BCUT2D eigenvalue weighted by Gasteiger charge is 2.15. The zero-order chi connectivity index (χ0) is 14.5. The van der Waals surface area contributed by atoms with Crippen LogP contribution in [0.5, 0.6) is 5.75 Å². The molecule has 1 aliphatic rings. The van der Waals surface area contributed by atoms with Crippen molar-refractivity contribution in [2.24, 2.45) is 0 Å². The van der Waals surface area contributed by atoms with Gasteiger partial charge in [-0.3, -0.25) is 0 Å². The fraction of sp³-hybridized carbons (Fsp3) is 0.429. The van der Waals surface area contributed by atoms with Gasteiger partial charge in [-0.1, -0.05) is 19.3 Å². The minimum Gasteiger partial charge on any atom is -0.506 e. The van der Waals surface area contributed by atoms with Gasteiger partial charge in [0.1, 0.15) is 5.75 Å². The van der Waals surface area contributed by atoms with Crippen LogP contribution in [0.2, 0.25) is 0 Å². The fourth-order valence-corrected chi connectivity index (χ4v) is 2.64. The van der Waals surface area contributed by atoms with Gasteiger partial charge in [-0.15, -0.1) is 0 Å². The molecular formula is C14H18N2O3S. The van der Waals surface area contributed by atoms with Crippen LogP contribution in [0.4, 0.5) is 5.69 Å². The van der Waals surface area contributed by atoms with E-state index in [1.165, 1.54) is 37.5 Å². The van der Waals surface area contributed by atoms with E-state index in [0.717, 1.165) is 12.8 Å². The van der Waals surface area contributed by atoms with Gasteiger partial charge >= 0.3 is 5.97 Å². The Morgan fingerprint density at radius 2 is 1.95 bits per heavy atom. The third-order valence-electron chi connectivity index (χ3n) is 3.43. The normalized spacial score (nSPS) is 15.6. The molecule has 1 aromatic rings. The summed E-state index contributed by atoms with van der Waals surface area (Å²) in [6, 6.07) is 4.51. The Labute approximate surface area is 123 Å². The fourth-order valence-electron chi connectivity index (χ4n) is 2.36. The number of aromatic carboxylic acids is 1. The van der Waals surface area contributed by atoms with Gasteiger partial charge in [-0.05, 0) is 43.3 Å². The second kappa shape index (κ2) is 6.56. The van der Waals surface area contributed by atoms with Crippen molar-refractivity contribution in [1.82, 2.24) is 5.32 Å². The molecule has 0 spiro atoms. The van der Waals surface area contributed by atoms with Crippen LogP contribution >= 0.6 is 12.2 Å². The summed E-state index contributed by atoms with van der Waals surface area (Å²) in [7, 11) is 0. The van der Waals surface area contributed by atoms with Gasteiger partial charge in [0.2, 0.25) is 0 Å². The molecule has 0 saturated heterocycles. The number of aromatic hydroxyl groups is 1. The molecule has 0 aliphatic heterocycles. The molecule has 0 bridgehead atoms. The molecule has 108 valence electrons. The van der Waals surface area contributed by atoms with Gasteiger partial charge in [0.05, 0.1) is 11.3 Å². The van der Waals surface area contributed by atoms with E-state index in [1.54, 1.807) is 0 Å². The number of carboxylic acid groups (broad SMARTS) is 1. The smallest absolute Gasteiger partial charge is 0.335 e. The molecule has 0 aromatic heterocycles. The lowest BCUT2D eigenvalue weighted by Crippen LogP contribution is -2.38. The molecule has 4 N–H and O–H groups in total. The van der Waals surface area contributed by atoms with Gasteiger partial charge in [0.25, 0.3) is 0 Å². The summed E-state index contributed by atoms with van der Waals surface area (Å²) >= 11 is 5.21. The van der Waals surface area contributed by atoms with Crippen LogP contribution in [0, 0.1) is 0 Å². The summed E-state index contributed by atoms with van der Waals surface area (Å²) < 4.78 is 0. The third-order valence-corrected chi connectivity index (χ3v) is 3.65. The van der Waals surface area contributed by atoms with Crippen molar-refractivity contribution in [3.63, 3.8) is 0 Å². The average Bonchev–Trinajstić information content (AvgIpc) is 2.42. The number of benzene rings is 1. The molecule has 0 unspecified atom stereocenters. The monoisotopic (exact) mass is 294 g/mol. The zero-order valence-electron chi connectivity index (χ0n) is 11.1. The Bertz CT molecular complexity index is 513. The third kappa shape index (κ3) is 3.84. The molecule has 20 heavy (non-hydrogen) atoms. The summed E-state index contributed by atoms with van der Waals surface area (Å²) in [5, 5.41) is 25.2. The van der Waals surface area contributed by atoms with E-state index >= 15 is 0 Å². The number of thiocarbonyl (C=S) groups is 1. The first kappa shape index (κ1) is 14.6. The Morgan fingerprint density at radius 1 is 1.25 bits per heavy atom. The lowest BCUT2D eigenvalue weighted by molar-refractivity contribution is 0.0696. The maximum atomic E-state index is 10.8. The first-order chi connectivity index (χ1) is 9.56. The maximum absolute atomic E-state index is 10.8. The Morgan fingerprint density at radius 3 is 2.55 bits per heavy atom. The van der Waals surface area contributed by atoms with Gasteiger partial charge in [0.15, 0.2) is 5.11 Å². The molecule has 0 amide bonds. The second-order valence-electron chi connectivity index (χ2n) is 4.97. The topological polar surface area (TPSA) is 81.6 Å². The molecule has 1 aliphatic carbocycles. The van der Waals surface area contributed by atoms with E-state index in [1.807, 2.05) is 0 Å². The largest absolute Gasteiger partial charge is 0.506 e. The number of carboxylic acids is 1. The number of nitrogens with one attached hydrogen (secondary N) is 2. The van der Waals surface area contributed by atoms with E-state index in [4.69, 9.17) is 17.3 Å². The van der Waals surface area contributed by atoms with E-state index in [2.05, 4.69) is 10.6 Å². The highest BCUT2D eigenvalue weighted by Crippen LogP contribution is 2.24. The number of phenolic OH excluding ortho intramolecular Hbond substituents is 1. The van der Waals surface area contributed by atoms with Gasteiger partial charge in [-0.2, -0.15) is 0 Å². The van der Waals surface area contributed by atoms with E-state index in [0.29, 0.717) is 16.8 Å². The molecule has 0 atom stereocenters. The van der Waals surface area contributed by atoms with Gasteiger partial charge in [-0.25, -0.2) is 4.79 Å². The minimum absolute atomic E-state index is 0.0409. The van der Waals surface area contributed by atoms with Crippen LogP contribution in [-0.4, -0.2) is 27.3 Å². The number of rotatable bonds is 3. The Balaban J connectivity index is 1.95. The quantitative estimate of drug-likeness (QED) is 0.507. The van der Waals surface area contributed by atoms with Crippen LogP contribution in [0.3, 0.4) is 0 Å². The van der Waals surface area contributed by atoms with Crippen molar-refractivity contribution in [3.05, 3.63) is 23.8 Å². The lowest BCUT2D eigenvalue weighted by atomic mass is 9.96. The van der Waals surface area contributed by atoms with Crippen molar-refractivity contribution >= 4 is 29.0 Å². The Hall–Kier alpha value is -1.82. The SMILES string of the molecule is O=C(O)c1ccc(NC(=S)NC2CCCCC2)c(O)c1. The summed E-state index contributed by atoms with van der Waals surface area (Å²) in [5.41, 5.74) is 0.447. The van der Waals surface area contributed by atoms with Crippen LogP contribution in [0.25, 0.3) is 0 Å². The molecule has 1 saturated carbocycles.